The molecule has 0 spiro atoms. The number of hydrogen-bond donors (Lipinski definition) is 0. The van der Waals surface area contributed by atoms with Crippen LogP contribution in [-0.4, -0.2) is 29.6 Å². The second-order valence-corrected chi connectivity index (χ2v) is 5.84. The number of carbonyl (C=O) groups excluding carboxylic acids is 1. The fourth-order valence-electron chi connectivity index (χ4n) is 3.31. The third-order valence-corrected chi connectivity index (χ3v) is 4.41. The average molecular weight is 277 g/mol. The van der Waals surface area contributed by atoms with Crippen LogP contribution in [0.2, 0.25) is 0 Å². The first-order chi connectivity index (χ1) is 9.84. The molecule has 0 aromatic carbocycles. The van der Waals surface area contributed by atoms with Crippen molar-refractivity contribution in [3.05, 3.63) is 24.2 Å². The summed E-state index contributed by atoms with van der Waals surface area (Å²) in [4.78, 5) is 14.7. The molecule has 1 aromatic rings. The molecule has 2 aliphatic rings. The fraction of sp³-hybridized carbons (Fsp3) is 0.688. The van der Waals surface area contributed by atoms with Crippen LogP contribution < -0.4 is 0 Å². The van der Waals surface area contributed by atoms with Crippen LogP contribution in [0.3, 0.4) is 0 Å². The largest absolute Gasteiger partial charge is 0.467 e. The highest BCUT2D eigenvalue weighted by molar-refractivity contribution is 5.81. The van der Waals surface area contributed by atoms with E-state index in [1.807, 2.05) is 17.0 Å². The summed E-state index contributed by atoms with van der Waals surface area (Å²) < 4.78 is 11.0. The van der Waals surface area contributed by atoms with Gasteiger partial charge in [-0.25, -0.2) is 0 Å². The van der Waals surface area contributed by atoms with Gasteiger partial charge >= 0.3 is 0 Å². The lowest BCUT2D eigenvalue weighted by Crippen LogP contribution is -2.45. The van der Waals surface area contributed by atoms with Crippen molar-refractivity contribution in [2.24, 2.45) is 0 Å². The maximum atomic E-state index is 12.7. The molecule has 0 radical (unpaired) electrons. The van der Waals surface area contributed by atoms with Gasteiger partial charge in [0.25, 0.3) is 5.91 Å². The molecule has 1 aromatic heterocycles. The molecule has 1 unspecified atom stereocenters. The molecule has 4 nitrogen and oxygen atoms in total. The Morgan fingerprint density at radius 3 is 2.70 bits per heavy atom. The molecule has 2 heterocycles. The summed E-state index contributed by atoms with van der Waals surface area (Å²) in [6.45, 7) is 1.30. The SMILES string of the molecule is O=C(C1CCCO1)N(Cc1ccco1)C1CCCCC1. The molecule has 110 valence electrons. The van der Waals surface area contributed by atoms with Crippen LogP contribution in [0.25, 0.3) is 0 Å². The Morgan fingerprint density at radius 1 is 1.20 bits per heavy atom. The smallest absolute Gasteiger partial charge is 0.252 e. The molecule has 3 rings (SSSR count). The minimum atomic E-state index is -0.230. The van der Waals surface area contributed by atoms with E-state index in [0.29, 0.717) is 12.6 Å². The van der Waals surface area contributed by atoms with Crippen molar-refractivity contribution < 1.29 is 13.9 Å². The van der Waals surface area contributed by atoms with Gasteiger partial charge in [-0.3, -0.25) is 4.79 Å². The summed E-state index contributed by atoms with van der Waals surface area (Å²) in [7, 11) is 0. The van der Waals surface area contributed by atoms with Crippen LogP contribution in [0.4, 0.5) is 0 Å². The second-order valence-electron chi connectivity index (χ2n) is 5.84. The first-order valence-electron chi connectivity index (χ1n) is 7.79. The number of nitrogens with zero attached hydrogens (tertiary/aromatic N) is 1. The minimum Gasteiger partial charge on any atom is -0.467 e. The Morgan fingerprint density at radius 2 is 2.05 bits per heavy atom. The predicted octanol–water partition coefficient (Wildman–Crippen LogP) is 3.12. The molecular weight excluding hydrogens is 254 g/mol. The van der Waals surface area contributed by atoms with Crippen LogP contribution >= 0.6 is 0 Å². The zero-order valence-corrected chi connectivity index (χ0v) is 11.9. The fourth-order valence-corrected chi connectivity index (χ4v) is 3.31. The highest BCUT2D eigenvalue weighted by Crippen LogP contribution is 2.26. The molecule has 0 N–H and O–H groups in total. The topological polar surface area (TPSA) is 42.7 Å². The zero-order chi connectivity index (χ0) is 13.8. The average Bonchev–Trinajstić information content (AvgIpc) is 3.18. The number of carbonyl (C=O) groups is 1. The Kier molecular flexibility index (Phi) is 4.41. The molecule has 2 fully saturated rings. The standard InChI is InChI=1S/C16H23NO3/c18-16(15-9-5-11-20-15)17(12-14-8-4-10-19-14)13-6-2-1-3-7-13/h4,8,10,13,15H,1-3,5-7,9,11-12H2. The van der Waals surface area contributed by atoms with E-state index in [0.717, 1.165) is 38.1 Å². The quantitative estimate of drug-likeness (QED) is 0.849. The number of hydrogen-bond acceptors (Lipinski definition) is 3. The Labute approximate surface area is 120 Å². The first kappa shape index (κ1) is 13.7. The van der Waals surface area contributed by atoms with Crippen LogP contribution in [0.1, 0.15) is 50.7 Å². The number of amides is 1. The van der Waals surface area contributed by atoms with Crippen molar-refractivity contribution in [3.8, 4) is 0 Å². The molecule has 1 aliphatic heterocycles. The van der Waals surface area contributed by atoms with Gasteiger partial charge in [0.1, 0.15) is 11.9 Å². The molecular formula is C16H23NO3. The maximum absolute atomic E-state index is 12.7. The predicted molar refractivity (Wildman–Crippen MR) is 75.1 cm³/mol. The third kappa shape index (κ3) is 3.06. The highest BCUT2D eigenvalue weighted by Gasteiger charge is 2.33. The highest BCUT2D eigenvalue weighted by atomic mass is 16.5. The summed E-state index contributed by atoms with van der Waals surface area (Å²) in [5, 5.41) is 0. The third-order valence-electron chi connectivity index (χ3n) is 4.41. The van der Waals surface area contributed by atoms with Gasteiger partial charge in [0.2, 0.25) is 0 Å². The van der Waals surface area contributed by atoms with E-state index in [2.05, 4.69) is 0 Å². The van der Waals surface area contributed by atoms with Crippen molar-refractivity contribution in [2.45, 2.75) is 63.6 Å². The molecule has 1 amide bonds. The van der Waals surface area contributed by atoms with Gasteiger partial charge in [0.15, 0.2) is 0 Å². The number of ether oxygens (including phenoxy) is 1. The van der Waals surface area contributed by atoms with Crippen LogP contribution in [-0.2, 0) is 16.1 Å². The van der Waals surface area contributed by atoms with Crippen molar-refractivity contribution in [1.29, 1.82) is 0 Å². The maximum Gasteiger partial charge on any atom is 0.252 e. The van der Waals surface area contributed by atoms with Gasteiger partial charge in [-0.05, 0) is 37.8 Å². The van der Waals surface area contributed by atoms with Gasteiger partial charge in [-0.2, -0.15) is 0 Å². The number of furan rings is 1. The van der Waals surface area contributed by atoms with E-state index in [-0.39, 0.29) is 12.0 Å². The Bertz CT molecular complexity index is 417. The summed E-state index contributed by atoms with van der Waals surface area (Å²) in [6, 6.07) is 4.18. The zero-order valence-electron chi connectivity index (χ0n) is 11.9. The van der Waals surface area contributed by atoms with Gasteiger partial charge in [-0.1, -0.05) is 19.3 Å². The lowest BCUT2D eigenvalue weighted by atomic mass is 9.93. The summed E-state index contributed by atoms with van der Waals surface area (Å²) in [5.74, 6) is 1.02. The summed E-state index contributed by atoms with van der Waals surface area (Å²) >= 11 is 0. The van der Waals surface area contributed by atoms with E-state index in [4.69, 9.17) is 9.15 Å². The van der Waals surface area contributed by atoms with Crippen molar-refractivity contribution in [1.82, 2.24) is 4.90 Å². The van der Waals surface area contributed by atoms with E-state index in [1.165, 1.54) is 19.3 Å². The van der Waals surface area contributed by atoms with Gasteiger partial charge in [0, 0.05) is 12.6 Å². The lowest BCUT2D eigenvalue weighted by Gasteiger charge is -2.35. The number of rotatable bonds is 4. The first-order valence-corrected chi connectivity index (χ1v) is 7.79. The minimum absolute atomic E-state index is 0.158. The van der Waals surface area contributed by atoms with Crippen LogP contribution in [0.5, 0.6) is 0 Å². The molecule has 20 heavy (non-hydrogen) atoms. The summed E-state index contributed by atoms with van der Waals surface area (Å²) in [5.41, 5.74) is 0. The summed E-state index contributed by atoms with van der Waals surface area (Å²) in [6.07, 6.45) is 9.25. The van der Waals surface area contributed by atoms with Crippen LogP contribution in [0.15, 0.2) is 22.8 Å². The molecule has 1 aliphatic carbocycles. The normalized spacial score (nSPS) is 23.9. The van der Waals surface area contributed by atoms with Gasteiger partial charge < -0.3 is 14.1 Å². The Hall–Kier alpha value is -1.29. The second kappa shape index (κ2) is 6.44. The Balaban J connectivity index is 1.72. The van der Waals surface area contributed by atoms with E-state index >= 15 is 0 Å². The molecule has 0 bridgehead atoms. The lowest BCUT2D eigenvalue weighted by molar-refractivity contribution is -0.145. The van der Waals surface area contributed by atoms with Crippen molar-refractivity contribution in [2.75, 3.05) is 6.61 Å². The van der Waals surface area contributed by atoms with Gasteiger partial charge in [-0.15, -0.1) is 0 Å². The van der Waals surface area contributed by atoms with Crippen LogP contribution in [0, 0.1) is 0 Å². The van der Waals surface area contributed by atoms with E-state index < -0.39 is 0 Å². The van der Waals surface area contributed by atoms with E-state index in [1.54, 1.807) is 6.26 Å². The van der Waals surface area contributed by atoms with Gasteiger partial charge in [0.05, 0.1) is 12.8 Å². The van der Waals surface area contributed by atoms with Crippen molar-refractivity contribution in [3.63, 3.8) is 0 Å². The van der Waals surface area contributed by atoms with E-state index in [9.17, 15) is 4.79 Å². The molecule has 1 saturated carbocycles. The molecule has 1 saturated heterocycles. The molecule has 1 atom stereocenters. The van der Waals surface area contributed by atoms with Crippen molar-refractivity contribution >= 4 is 5.91 Å². The molecule has 4 heteroatoms. The monoisotopic (exact) mass is 277 g/mol.